The van der Waals surface area contributed by atoms with Crippen LogP contribution in [0.1, 0.15) is 17.3 Å². The summed E-state index contributed by atoms with van der Waals surface area (Å²) in [6.45, 7) is 5.10. The molecule has 0 saturated carbocycles. The molecule has 0 radical (unpaired) electrons. The fourth-order valence-corrected chi connectivity index (χ4v) is 4.52. The first-order chi connectivity index (χ1) is 15.9. The first kappa shape index (κ1) is 22.8. The number of nitrogens with zero attached hydrogens (tertiary/aromatic N) is 3. The van der Waals surface area contributed by atoms with E-state index < -0.39 is 10.8 Å². The summed E-state index contributed by atoms with van der Waals surface area (Å²) in [6.07, 6.45) is 0. The van der Waals surface area contributed by atoms with Crippen LogP contribution in [-0.4, -0.2) is 53.8 Å². The number of fused-ring (bicyclic) bond motifs is 1. The maximum Gasteiger partial charge on any atom is 0.311 e. The molecule has 1 saturated heterocycles. The number of aromatic nitrogens is 1. The van der Waals surface area contributed by atoms with E-state index in [1.165, 1.54) is 23.5 Å². The third-order valence-corrected chi connectivity index (χ3v) is 6.05. The van der Waals surface area contributed by atoms with Crippen molar-refractivity contribution in [2.45, 2.75) is 6.92 Å². The Bertz CT molecular complexity index is 1210. The van der Waals surface area contributed by atoms with Crippen molar-refractivity contribution < 1.29 is 19.2 Å². The Morgan fingerprint density at radius 2 is 2.09 bits per heavy atom. The molecule has 12 heteroatoms. The van der Waals surface area contributed by atoms with Gasteiger partial charge in [-0.15, -0.1) is 0 Å². The van der Waals surface area contributed by atoms with Gasteiger partial charge in [-0.05, 0) is 49.5 Å². The molecule has 2 N–H and O–H groups in total. The second kappa shape index (κ2) is 10.1. The number of carbonyl (C=O) groups excluding carboxylic acids is 1. The van der Waals surface area contributed by atoms with Crippen molar-refractivity contribution in [1.82, 2.24) is 10.3 Å². The summed E-state index contributed by atoms with van der Waals surface area (Å²) in [5, 5.41) is 17.3. The standard InChI is InChI=1S/C21H21N5O5S2/c1-2-31-17-6-3-13(11-16(17)26(28)29)19(27)23-20(32)24-21-22-15-5-4-14(12-18(15)33-21)25-7-9-30-10-8-25/h3-6,11-12H,2,7-10H2,1H3,(H2,22,23,24,27,32). The van der Waals surface area contributed by atoms with Crippen molar-refractivity contribution in [3.63, 3.8) is 0 Å². The molecule has 0 atom stereocenters. The Balaban J connectivity index is 1.43. The highest BCUT2D eigenvalue weighted by molar-refractivity contribution is 7.80. The summed E-state index contributed by atoms with van der Waals surface area (Å²) >= 11 is 6.66. The van der Waals surface area contributed by atoms with Gasteiger partial charge >= 0.3 is 5.69 Å². The highest BCUT2D eigenvalue weighted by Gasteiger charge is 2.19. The monoisotopic (exact) mass is 487 g/mol. The second-order valence-corrected chi connectivity index (χ2v) is 8.49. The topological polar surface area (TPSA) is 119 Å². The molecule has 1 aromatic heterocycles. The van der Waals surface area contributed by atoms with Crippen molar-refractivity contribution >= 4 is 61.3 Å². The van der Waals surface area contributed by atoms with E-state index in [4.69, 9.17) is 21.7 Å². The predicted molar refractivity (Wildman–Crippen MR) is 131 cm³/mol. The zero-order chi connectivity index (χ0) is 23.4. The van der Waals surface area contributed by atoms with Crippen molar-refractivity contribution in [1.29, 1.82) is 0 Å². The minimum atomic E-state index is -0.593. The van der Waals surface area contributed by atoms with E-state index in [-0.39, 0.29) is 28.7 Å². The first-order valence-electron chi connectivity index (χ1n) is 10.2. The Kier molecular flexibility index (Phi) is 6.96. The van der Waals surface area contributed by atoms with Gasteiger partial charge in [0.15, 0.2) is 16.0 Å². The molecule has 172 valence electrons. The molecule has 0 unspecified atom stereocenters. The van der Waals surface area contributed by atoms with Crippen LogP contribution in [0.5, 0.6) is 5.75 Å². The minimum Gasteiger partial charge on any atom is -0.487 e. The van der Waals surface area contributed by atoms with Crippen LogP contribution in [0, 0.1) is 10.1 Å². The highest BCUT2D eigenvalue weighted by Crippen LogP contribution is 2.30. The largest absolute Gasteiger partial charge is 0.487 e. The van der Waals surface area contributed by atoms with Crippen molar-refractivity contribution in [3.8, 4) is 5.75 Å². The summed E-state index contributed by atoms with van der Waals surface area (Å²) in [6, 6.07) is 10.0. The average molecular weight is 488 g/mol. The molecule has 1 fully saturated rings. The number of thiazole rings is 1. The van der Waals surface area contributed by atoms with Crippen molar-refractivity contribution in [2.75, 3.05) is 43.1 Å². The third kappa shape index (κ3) is 5.35. The average Bonchev–Trinajstić information content (AvgIpc) is 3.21. The van der Waals surface area contributed by atoms with Gasteiger partial charge in [0.05, 0.1) is 35.0 Å². The van der Waals surface area contributed by atoms with E-state index in [0.29, 0.717) is 18.3 Å². The highest BCUT2D eigenvalue weighted by atomic mass is 32.1. The van der Waals surface area contributed by atoms with Crippen LogP contribution in [0.4, 0.5) is 16.5 Å². The van der Waals surface area contributed by atoms with Crippen molar-refractivity contribution in [3.05, 3.63) is 52.1 Å². The van der Waals surface area contributed by atoms with Gasteiger partial charge in [-0.25, -0.2) is 4.98 Å². The molecule has 33 heavy (non-hydrogen) atoms. The summed E-state index contributed by atoms with van der Waals surface area (Å²) < 4.78 is 11.6. The van der Waals surface area contributed by atoms with Crippen molar-refractivity contribution in [2.24, 2.45) is 0 Å². The van der Waals surface area contributed by atoms with Crippen LogP contribution in [0.3, 0.4) is 0 Å². The first-order valence-corrected chi connectivity index (χ1v) is 11.4. The molecular weight excluding hydrogens is 466 g/mol. The maximum atomic E-state index is 12.5. The summed E-state index contributed by atoms with van der Waals surface area (Å²) in [4.78, 5) is 30.0. The Morgan fingerprint density at radius 1 is 1.30 bits per heavy atom. The van der Waals surface area contributed by atoms with E-state index in [9.17, 15) is 14.9 Å². The molecule has 1 aliphatic rings. The number of morpholine rings is 1. The van der Waals surface area contributed by atoms with Crippen LogP contribution in [0.2, 0.25) is 0 Å². The molecule has 2 aromatic carbocycles. The number of carbonyl (C=O) groups is 1. The van der Waals surface area contributed by atoms with E-state index in [1.807, 2.05) is 12.1 Å². The third-order valence-electron chi connectivity index (χ3n) is 4.91. The van der Waals surface area contributed by atoms with Crippen LogP contribution < -0.4 is 20.3 Å². The molecule has 3 aromatic rings. The van der Waals surface area contributed by atoms with Gasteiger partial charge in [0.1, 0.15) is 0 Å². The number of amides is 1. The number of hydrogen-bond acceptors (Lipinski definition) is 9. The van der Waals surface area contributed by atoms with Crippen LogP contribution in [0.25, 0.3) is 10.2 Å². The van der Waals surface area contributed by atoms with Crippen LogP contribution in [-0.2, 0) is 4.74 Å². The summed E-state index contributed by atoms with van der Waals surface area (Å²) in [5.41, 5.74) is 1.73. The number of rotatable bonds is 6. The minimum absolute atomic E-state index is 0.0454. The number of ether oxygens (including phenoxy) is 2. The zero-order valence-corrected chi connectivity index (χ0v) is 19.3. The van der Waals surface area contributed by atoms with E-state index >= 15 is 0 Å². The fraction of sp³-hybridized carbons (Fsp3) is 0.286. The number of nitro benzene ring substituents is 1. The number of hydrogen-bond donors (Lipinski definition) is 2. The lowest BCUT2D eigenvalue weighted by molar-refractivity contribution is -0.385. The van der Waals surface area contributed by atoms with Gasteiger partial charge < -0.3 is 19.7 Å². The molecule has 0 bridgehead atoms. The Labute approximate surface area is 198 Å². The van der Waals surface area contributed by atoms with Crippen LogP contribution in [0.15, 0.2) is 36.4 Å². The predicted octanol–water partition coefficient (Wildman–Crippen LogP) is 3.57. The lowest BCUT2D eigenvalue weighted by Gasteiger charge is -2.28. The number of nitro groups is 1. The SMILES string of the molecule is CCOc1ccc(C(=O)NC(=S)Nc2nc3ccc(N4CCOCC4)cc3s2)cc1[N+](=O)[O-]. The number of nitrogens with one attached hydrogen (secondary N) is 2. The fourth-order valence-electron chi connectivity index (χ4n) is 3.37. The second-order valence-electron chi connectivity index (χ2n) is 7.05. The Hall–Kier alpha value is -3.35. The smallest absolute Gasteiger partial charge is 0.311 e. The van der Waals surface area contributed by atoms with Gasteiger partial charge in [-0.1, -0.05) is 11.3 Å². The molecule has 2 heterocycles. The lowest BCUT2D eigenvalue weighted by Crippen LogP contribution is -2.36. The van der Waals surface area contributed by atoms with E-state index in [1.54, 1.807) is 6.92 Å². The number of benzene rings is 2. The quantitative estimate of drug-likeness (QED) is 0.305. The van der Waals surface area contributed by atoms with Gasteiger partial charge in [0.25, 0.3) is 5.91 Å². The molecule has 0 aliphatic carbocycles. The van der Waals surface area contributed by atoms with Gasteiger partial charge in [-0.2, -0.15) is 0 Å². The lowest BCUT2D eigenvalue weighted by atomic mass is 10.1. The van der Waals surface area contributed by atoms with Gasteiger partial charge in [0, 0.05) is 30.4 Å². The normalized spacial score (nSPS) is 13.5. The summed E-state index contributed by atoms with van der Waals surface area (Å²) in [5.74, 6) is -0.472. The van der Waals surface area contributed by atoms with Gasteiger partial charge in [-0.3, -0.25) is 20.2 Å². The zero-order valence-electron chi connectivity index (χ0n) is 17.7. The molecular formula is C21H21N5O5S2. The molecule has 4 rings (SSSR count). The van der Waals surface area contributed by atoms with E-state index in [2.05, 4.69) is 26.6 Å². The van der Waals surface area contributed by atoms with E-state index in [0.717, 1.165) is 35.1 Å². The Morgan fingerprint density at radius 3 is 2.82 bits per heavy atom. The summed E-state index contributed by atoms with van der Waals surface area (Å²) in [7, 11) is 0. The van der Waals surface area contributed by atoms with Crippen LogP contribution >= 0.6 is 23.6 Å². The number of thiocarbonyl (C=S) groups is 1. The number of anilines is 2. The maximum absolute atomic E-state index is 12.5. The molecule has 1 aliphatic heterocycles. The van der Waals surface area contributed by atoms with Gasteiger partial charge in [0.2, 0.25) is 0 Å². The molecule has 0 spiro atoms. The molecule has 1 amide bonds. The molecule has 10 nitrogen and oxygen atoms in total.